The van der Waals surface area contributed by atoms with E-state index in [0.29, 0.717) is 30.9 Å². The highest BCUT2D eigenvalue weighted by Crippen LogP contribution is 2.28. The molecule has 0 spiro atoms. The summed E-state index contributed by atoms with van der Waals surface area (Å²) in [6, 6.07) is 15.5. The maximum Gasteiger partial charge on any atom is 0.332 e. The maximum atomic E-state index is 13.3. The van der Waals surface area contributed by atoms with Gasteiger partial charge in [0.1, 0.15) is 6.04 Å². The molecule has 0 N–H and O–H groups in total. The SMILES string of the molecule is Cn1nc(C(=O)N2CCCN3C(=O)N(c4ccccc4)C(=O)C3C2)c2ccccc21. The maximum absolute atomic E-state index is 13.3. The van der Waals surface area contributed by atoms with Crippen molar-refractivity contribution < 1.29 is 14.4 Å². The van der Waals surface area contributed by atoms with Crippen molar-refractivity contribution in [1.29, 1.82) is 0 Å². The van der Waals surface area contributed by atoms with Crippen LogP contribution in [0.4, 0.5) is 10.5 Å². The minimum absolute atomic E-state index is 0.164. The summed E-state index contributed by atoms with van der Waals surface area (Å²) in [4.78, 5) is 43.9. The van der Waals surface area contributed by atoms with E-state index < -0.39 is 6.04 Å². The van der Waals surface area contributed by atoms with Gasteiger partial charge in [-0.25, -0.2) is 9.69 Å². The highest BCUT2D eigenvalue weighted by atomic mass is 16.2. The summed E-state index contributed by atoms with van der Waals surface area (Å²) in [6.07, 6.45) is 0.606. The minimum atomic E-state index is -0.681. The standard InChI is InChI=1S/C22H21N5O3/c1-24-17-11-6-5-10-16(17)19(23-24)21(29)25-12-7-13-26-18(14-25)20(28)27(22(26)30)15-8-3-2-4-9-15/h2-6,8-11,18H,7,12-14H2,1H3. The number of nitrogens with zero attached hydrogens (tertiary/aromatic N) is 5. The van der Waals surface area contributed by atoms with Gasteiger partial charge in [-0.2, -0.15) is 5.10 Å². The molecular weight excluding hydrogens is 382 g/mol. The first-order valence-corrected chi connectivity index (χ1v) is 9.97. The molecule has 2 aromatic carbocycles. The van der Waals surface area contributed by atoms with Crippen LogP contribution in [0.15, 0.2) is 54.6 Å². The number of anilines is 1. The summed E-state index contributed by atoms with van der Waals surface area (Å²) in [6.45, 7) is 1.07. The fourth-order valence-electron chi connectivity index (χ4n) is 4.32. The molecule has 0 saturated carbocycles. The smallest absolute Gasteiger partial charge is 0.332 e. The van der Waals surface area contributed by atoms with E-state index in [2.05, 4.69) is 5.10 Å². The van der Waals surface area contributed by atoms with Crippen LogP contribution in [-0.4, -0.2) is 63.1 Å². The second kappa shape index (κ2) is 6.98. The second-order valence-corrected chi connectivity index (χ2v) is 7.60. The van der Waals surface area contributed by atoms with Crippen molar-refractivity contribution in [2.24, 2.45) is 7.05 Å². The molecule has 0 bridgehead atoms. The zero-order valence-electron chi connectivity index (χ0n) is 16.6. The molecule has 4 amide bonds. The van der Waals surface area contributed by atoms with Gasteiger partial charge in [0.05, 0.1) is 17.7 Å². The molecule has 2 saturated heterocycles. The number of carbonyl (C=O) groups excluding carboxylic acids is 3. The van der Waals surface area contributed by atoms with Crippen molar-refractivity contribution in [2.75, 3.05) is 24.5 Å². The van der Waals surface area contributed by atoms with Crippen LogP contribution >= 0.6 is 0 Å². The van der Waals surface area contributed by atoms with Gasteiger partial charge in [-0.3, -0.25) is 14.3 Å². The number of imide groups is 1. The van der Waals surface area contributed by atoms with E-state index in [-0.39, 0.29) is 24.4 Å². The highest BCUT2D eigenvalue weighted by Gasteiger charge is 2.48. The van der Waals surface area contributed by atoms with E-state index in [1.807, 2.05) is 30.3 Å². The monoisotopic (exact) mass is 403 g/mol. The Morgan fingerprint density at radius 1 is 1.00 bits per heavy atom. The summed E-state index contributed by atoms with van der Waals surface area (Å²) in [5.74, 6) is -0.510. The molecule has 3 aromatic rings. The van der Waals surface area contributed by atoms with Crippen molar-refractivity contribution in [2.45, 2.75) is 12.5 Å². The Morgan fingerprint density at radius 3 is 2.53 bits per heavy atom. The molecule has 2 aliphatic heterocycles. The zero-order chi connectivity index (χ0) is 20.8. The third kappa shape index (κ3) is 2.75. The van der Waals surface area contributed by atoms with Gasteiger partial charge < -0.3 is 9.80 Å². The third-order valence-corrected chi connectivity index (χ3v) is 5.80. The first kappa shape index (κ1) is 18.4. The molecule has 8 heteroatoms. The van der Waals surface area contributed by atoms with Crippen LogP contribution in [-0.2, 0) is 11.8 Å². The Hall–Kier alpha value is -3.68. The molecular formula is C22H21N5O3. The van der Waals surface area contributed by atoms with Crippen LogP contribution in [0, 0.1) is 0 Å². The predicted molar refractivity (Wildman–Crippen MR) is 111 cm³/mol. The first-order chi connectivity index (χ1) is 14.6. The summed E-state index contributed by atoms with van der Waals surface area (Å²) in [7, 11) is 1.81. The normalized spacial score (nSPS) is 19.4. The number of carbonyl (C=O) groups is 3. The molecule has 1 aromatic heterocycles. The van der Waals surface area contributed by atoms with Crippen LogP contribution < -0.4 is 4.90 Å². The highest BCUT2D eigenvalue weighted by molar-refractivity contribution is 6.21. The van der Waals surface area contributed by atoms with Crippen LogP contribution in [0.1, 0.15) is 16.9 Å². The summed E-state index contributed by atoms with van der Waals surface area (Å²) in [5, 5.41) is 5.21. The molecule has 0 radical (unpaired) electrons. The van der Waals surface area contributed by atoms with Crippen molar-refractivity contribution in [1.82, 2.24) is 19.6 Å². The van der Waals surface area contributed by atoms with Gasteiger partial charge in [-0.05, 0) is 24.6 Å². The molecule has 2 aliphatic rings. The van der Waals surface area contributed by atoms with Gasteiger partial charge in [0, 0.05) is 25.5 Å². The summed E-state index contributed by atoms with van der Waals surface area (Å²) >= 11 is 0. The zero-order valence-corrected chi connectivity index (χ0v) is 16.6. The van der Waals surface area contributed by atoms with Gasteiger partial charge in [0.15, 0.2) is 5.69 Å². The second-order valence-electron chi connectivity index (χ2n) is 7.60. The van der Waals surface area contributed by atoms with Crippen molar-refractivity contribution >= 4 is 34.4 Å². The number of para-hydroxylation sites is 2. The third-order valence-electron chi connectivity index (χ3n) is 5.80. The van der Waals surface area contributed by atoms with Crippen LogP contribution in [0.3, 0.4) is 0 Å². The number of hydrogen-bond acceptors (Lipinski definition) is 4. The van der Waals surface area contributed by atoms with E-state index in [9.17, 15) is 14.4 Å². The summed E-state index contributed by atoms with van der Waals surface area (Å²) in [5.41, 5.74) is 1.80. The number of fused-ring (bicyclic) bond motifs is 2. The number of hydrogen-bond donors (Lipinski definition) is 0. The van der Waals surface area contributed by atoms with Gasteiger partial charge in [-0.15, -0.1) is 0 Å². The van der Waals surface area contributed by atoms with Crippen LogP contribution in [0.25, 0.3) is 10.9 Å². The van der Waals surface area contributed by atoms with Crippen LogP contribution in [0.2, 0.25) is 0 Å². The summed E-state index contributed by atoms with van der Waals surface area (Å²) < 4.78 is 1.69. The quantitative estimate of drug-likeness (QED) is 0.615. The number of amides is 4. The lowest BCUT2D eigenvalue weighted by Crippen LogP contribution is -2.43. The molecule has 152 valence electrons. The topological polar surface area (TPSA) is 78.8 Å². The predicted octanol–water partition coefficient (Wildman–Crippen LogP) is 2.26. The molecule has 1 unspecified atom stereocenters. The Morgan fingerprint density at radius 2 is 1.73 bits per heavy atom. The molecule has 0 aliphatic carbocycles. The number of aromatic nitrogens is 2. The van der Waals surface area contributed by atoms with Gasteiger partial charge in [-0.1, -0.05) is 36.4 Å². The number of rotatable bonds is 2. The molecule has 30 heavy (non-hydrogen) atoms. The van der Waals surface area contributed by atoms with Crippen molar-refractivity contribution in [3.8, 4) is 0 Å². The van der Waals surface area contributed by atoms with Crippen LogP contribution in [0.5, 0.6) is 0 Å². The molecule has 3 heterocycles. The Balaban J connectivity index is 1.45. The van der Waals surface area contributed by atoms with E-state index in [0.717, 1.165) is 10.9 Å². The number of urea groups is 1. The Labute approximate surface area is 173 Å². The minimum Gasteiger partial charge on any atom is -0.335 e. The molecule has 8 nitrogen and oxygen atoms in total. The lowest BCUT2D eigenvalue weighted by atomic mass is 10.1. The van der Waals surface area contributed by atoms with Crippen molar-refractivity contribution in [3.63, 3.8) is 0 Å². The lowest BCUT2D eigenvalue weighted by Gasteiger charge is -2.23. The van der Waals surface area contributed by atoms with Crippen molar-refractivity contribution in [3.05, 3.63) is 60.3 Å². The molecule has 1 atom stereocenters. The van der Waals surface area contributed by atoms with E-state index in [4.69, 9.17) is 0 Å². The van der Waals surface area contributed by atoms with E-state index >= 15 is 0 Å². The molecule has 2 fully saturated rings. The van der Waals surface area contributed by atoms with Gasteiger partial charge in [0.2, 0.25) is 0 Å². The van der Waals surface area contributed by atoms with Gasteiger partial charge in [0.25, 0.3) is 11.8 Å². The largest absolute Gasteiger partial charge is 0.335 e. The fraction of sp³-hybridized carbons (Fsp3) is 0.273. The number of benzene rings is 2. The fourth-order valence-corrected chi connectivity index (χ4v) is 4.32. The Bertz CT molecular complexity index is 1160. The van der Waals surface area contributed by atoms with E-state index in [1.54, 1.807) is 45.8 Å². The average Bonchev–Trinajstić information content (AvgIpc) is 3.10. The van der Waals surface area contributed by atoms with Gasteiger partial charge >= 0.3 is 6.03 Å². The number of aryl methyl sites for hydroxylation is 1. The molecule has 5 rings (SSSR count). The lowest BCUT2D eigenvalue weighted by molar-refractivity contribution is -0.119. The average molecular weight is 403 g/mol. The van der Waals surface area contributed by atoms with E-state index in [1.165, 1.54) is 4.90 Å². The first-order valence-electron chi connectivity index (χ1n) is 9.97. The Kier molecular flexibility index (Phi) is 4.27.